The summed E-state index contributed by atoms with van der Waals surface area (Å²) >= 11 is 0. The van der Waals surface area contributed by atoms with E-state index < -0.39 is 0 Å². The molecule has 2 N–H and O–H groups in total. The van der Waals surface area contributed by atoms with E-state index >= 15 is 0 Å². The van der Waals surface area contributed by atoms with Crippen molar-refractivity contribution >= 4 is 0 Å². The predicted molar refractivity (Wildman–Crippen MR) is 106 cm³/mol. The molecule has 132 valence electrons. The fourth-order valence-electron chi connectivity index (χ4n) is 3.49. The van der Waals surface area contributed by atoms with Crippen LogP contribution in [0.2, 0.25) is 0 Å². The van der Waals surface area contributed by atoms with Gasteiger partial charge in [-0.3, -0.25) is 0 Å². The van der Waals surface area contributed by atoms with Gasteiger partial charge >= 0.3 is 0 Å². The van der Waals surface area contributed by atoms with Crippen LogP contribution in [0.15, 0.2) is 48.1 Å². The maximum absolute atomic E-state index is 10.7. The van der Waals surface area contributed by atoms with Crippen LogP contribution in [-0.4, -0.2) is 10.2 Å². The Morgan fingerprint density at radius 2 is 1.52 bits per heavy atom. The fourth-order valence-corrected chi connectivity index (χ4v) is 3.49. The Bertz CT molecular complexity index is 795. The summed E-state index contributed by atoms with van der Waals surface area (Å²) in [7, 11) is 0. The molecule has 0 aliphatic heterocycles. The Kier molecular flexibility index (Phi) is 5.73. The topological polar surface area (TPSA) is 40.5 Å². The molecule has 0 aliphatic carbocycles. The van der Waals surface area contributed by atoms with Crippen molar-refractivity contribution in [3.05, 3.63) is 81.4 Å². The molecule has 0 amide bonds. The van der Waals surface area contributed by atoms with Gasteiger partial charge in [-0.15, -0.1) is 0 Å². The molecule has 2 rings (SSSR count). The average Bonchev–Trinajstić information content (AvgIpc) is 2.53. The van der Waals surface area contributed by atoms with Crippen LogP contribution in [0.25, 0.3) is 0 Å². The van der Waals surface area contributed by atoms with Gasteiger partial charge in [0.2, 0.25) is 0 Å². The molecule has 2 nitrogen and oxygen atoms in total. The van der Waals surface area contributed by atoms with E-state index in [1.165, 1.54) is 0 Å². The third-order valence-electron chi connectivity index (χ3n) is 4.65. The molecule has 25 heavy (non-hydrogen) atoms. The van der Waals surface area contributed by atoms with Gasteiger partial charge < -0.3 is 10.2 Å². The van der Waals surface area contributed by atoms with Gasteiger partial charge in [-0.25, -0.2) is 0 Å². The first-order chi connectivity index (χ1) is 11.8. The molecular weight excluding hydrogens is 308 g/mol. The van der Waals surface area contributed by atoms with Crippen LogP contribution in [0.4, 0.5) is 0 Å². The molecule has 2 aromatic rings. The number of allylic oxidation sites excluding steroid dienone is 4. The lowest BCUT2D eigenvalue weighted by Crippen LogP contribution is -2.07. The Balaban J connectivity index is 2.76. The highest BCUT2D eigenvalue weighted by Crippen LogP contribution is 2.41. The third kappa shape index (κ3) is 3.96. The number of hydrogen-bond donors (Lipinski definition) is 2. The number of phenolic OH excluding ortho intramolecular Hbond substituents is 2. The van der Waals surface area contributed by atoms with E-state index in [1.54, 1.807) is 0 Å². The first-order valence-corrected chi connectivity index (χ1v) is 8.66. The van der Waals surface area contributed by atoms with Crippen LogP contribution in [0.1, 0.15) is 53.1 Å². The van der Waals surface area contributed by atoms with Gasteiger partial charge in [0.05, 0.1) is 0 Å². The Morgan fingerprint density at radius 1 is 0.920 bits per heavy atom. The summed E-state index contributed by atoms with van der Waals surface area (Å²) in [5.74, 6) is 0.594. The molecule has 0 aliphatic rings. The number of benzene rings is 2. The highest BCUT2D eigenvalue weighted by molar-refractivity contribution is 5.55. The molecule has 0 saturated heterocycles. The Hall–Kier alpha value is -2.48. The highest BCUT2D eigenvalue weighted by Gasteiger charge is 2.23. The fraction of sp³-hybridized carbons (Fsp3) is 0.304. The zero-order valence-corrected chi connectivity index (χ0v) is 16.0. The van der Waals surface area contributed by atoms with Gasteiger partial charge in [0.15, 0.2) is 0 Å². The second-order valence-corrected chi connectivity index (χ2v) is 6.89. The number of hydrogen-bond acceptors (Lipinski definition) is 2. The molecule has 0 saturated carbocycles. The van der Waals surface area contributed by atoms with Crippen LogP contribution in [0.3, 0.4) is 0 Å². The summed E-state index contributed by atoms with van der Waals surface area (Å²) in [4.78, 5) is 0. The molecule has 2 aromatic carbocycles. The molecule has 0 fully saturated rings. The van der Waals surface area contributed by atoms with Gasteiger partial charge in [0.25, 0.3) is 0 Å². The van der Waals surface area contributed by atoms with Crippen molar-refractivity contribution in [2.45, 2.75) is 47.5 Å². The molecule has 1 atom stereocenters. The number of rotatable bonds is 4. The number of aromatic hydroxyl groups is 2. The average molecular weight is 336 g/mol. The second-order valence-electron chi connectivity index (χ2n) is 6.89. The van der Waals surface area contributed by atoms with E-state index in [2.05, 4.69) is 19.1 Å². The highest BCUT2D eigenvalue weighted by atomic mass is 16.3. The Labute approximate surface area is 151 Å². The summed E-state index contributed by atoms with van der Waals surface area (Å²) in [6.07, 6.45) is 6.10. The monoisotopic (exact) mass is 336 g/mol. The van der Waals surface area contributed by atoms with Gasteiger partial charge in [-0.1, -0.05) is 42.0 Å². The molecule has 0 heterocycles. The smallest absolute Gasteiger partial charge is 0.121 e. The van der Waals surface area contributed by atoms with E-state index in [4.69, 9.17) is 0 Å². The largest absolute Gasteiger partial charge is 0.508 e. The maximum atomic E-state index is 10.7. The molecule has 0 spiro atoms. The normalized spacial score (nSPS) is 13.4. The number of phenols is 2. The van der Waals surface area contributed by atoms with E-state index in [1.807, 2.05) is 65.0 Å². The van der Waals surface area contributed by atoms with Gasteiger partial charge in [0.1, 0.15) is 11.5 Å². The van der Waals surface area contributed by atoms with Crippen molar-refractivity contribution in [1.82, 2.24) is 0 Å². The van der Waals surface area contributed by atoms with Crippen molar-refractivity contribution in [2.75, 3.05) is 0 Å². The molecule has 0 bridgehead atoms. The molecule has 1 unspecified atom stereocenters. The Morgan fingerprint density at radius 3 is 2.04 bits per heavy atom. The van der Waals surface area contributed by atoms with Gasteiger partial charge in [0, 0.05) is 11.5 Å². The van der Waals surface area contributed by atoms with Crippen LogP contribution < -0.4 is 0 Å². The van der Waals surface area contributed by atoms with E-state index in [-0.39, 0.29) is 5.92 Å². The van der Waals surface area contributed by atoms with Gasteiger partial charge in [-0.05, 0) is 75.4 Å². The minimum Gasteiger partial charge on any atom is -0.508 e. The van der Waals surface area contributed by atoms with Crippen molar-refractivity contribution in [2.24, 2.45) is 0 Å². The molecule has 0 aromatic heterocycles. The summed E-state index contributed by atoms with van der Waals surface area (Å²) in [6.45, 7) is 11.9. The SMILES string of the molecule is C/C=C\C=C(/C)C(c1cc(C)c(O)c(C)c1)c1c(C)cc(C)cc1O. The summed E-state index contributed by atoms with van der Waals surface area (Å²) in [5.41, 5.74) is 6.96. The lowest BCUT2D eigenvalue weighted by atomic mass is 9.81. The standard InChI is InChI=1S/C23H28O2/c1-7-8-9-15(3)21(19-12-17(5)23(25)18(6)13-19)22-16(4)10-14(2)11-20(22)24/h7-13,21,24-25H,1-6H3/b8-7-,15-9+. The van der Waals surface area contributed by atoms with Crippen LogP contribution in [0.5, 0.6) is 11.5 Å². The van der Waals surface area contributed by atoms with Gasteiger partial charge in [-0.2, -0.15) is 0 Å². The lowest BCUT2D eigenvalue weighted by Gasteiger charge is -2.24. The lowest BCUT2D eigenvalue weighted by molar-refractivity contribution is 0.464. The van der Waals surface area contributed by atoms with Crippen LogP contribution in [0, 0.1) is 27.7 Å². The molecule has 0 radical (unpaired) electrons. The zero-order valence-electron chi connectivity index (χ0n) is 16.0. The van der Waals surface area contributed by atoms with E-state index in [0.29, 0.717) is 11.5 Å². The quantitative estimate of drug-likeness (QED) is 0.674. The van der Waals surface area contributed by atoms with Crippen molar-refractivity contribution in [3.8, 4) is 11.5 Å². The summed E-state index contributed by atoms with van der Waals surface area (Å²) in [6, 6.07) is 7.95. The van der Waals surface area contributed by atoms with Crippen LogP contribution >= 0.6 is 0 Å². The van der Waals surface area contributed by atoms with E-state index in [9.17, 15) is 10.2 Å². The minimum absolute atomic E-state index is 0.0604. The molecule has 2 heteroatoms. The second kappa shape index (κ2) is 7.60. The minimum atomic E-state index is -0.0604. The predicted octanol–water partition coefficient (Wildman–Crippen LogP) is 5.99. The summed E-state index contributed by atoms with van der Waals surface area (Å²) < 4.78 is 0. The first kappa shape index (κ1) is 18.9. The third-order valence-corrected chi connectivity index (χ3v) is 4.65. The van der Waals surface area contributed by atoms with Crippen molar-refractivity contribution < 1.29 is 10.2 Å². The van der Waals surface area contributed by atoms with Crippen LogP contribution in [-0.2, 0) is 0 Å². The van der Waals surface area contributed by atoms with E-state index in [0.717, 1.165) is 39.0 Å². The number of aryl methyl sites for hydroxylation is 4. The maximum Gasteiger partial charge on any atom is 0.121 e. The zero-order chi connectivity index (χ0) is 18.7. The summed E-state index contributed by atoms with van der Waals surface area (Å²) in [5, 5.41) is 20.8. The molecular formula is C23H28O2. The van der Waals surface area contributed by atoms with Crippen molar-refractivity contribution in [3.63, 3.8) is 0 Å². The first-order valence-electron chi connectivity index (χ1n) is 8.66. The van der Waals surface area contributed by atoms with Crippen molar-refractivity contribution in [1.29, 1.82) is 0 Å².